The number of carboxylic acids is 1. The summed E-state index contributed by atoms with van der Waals surface area (Å²) in [4.78, 5) is 18.7. The van der Waals surface area contributed by atoms with E-state index in [1.165, 1.54) is 5.56 Å². The summed E-state index contributed by atoms with van der Waals surface area (Å²) in [5.41, 5.74) is 3.30. The lowest BCUT2D eigenvalue weighted by atomic mass is 10.1. The SMILES string of the molecule is Cc1ccc(-c2nc(N(C)CC(C)C(=O)O)sc2C)cc1. The van der Waals surface area contributed by atoms with E-state index < -0.39 is 11.9 Å². The van der Waals surface area contributed by atoms with Crippen molar-refractivity contribution in [2.75, 3.05) is 18.5 Å². The van der Waals surface area contributed by atoms with Crippen LogP contribution in [-0.4, -0.2) is 29.7 Å². The molecule has 0 saturated heterocycles. The zero-order chi connectivity index (χ0) is 15.6. The van der Waals surface area contributed by atoms with Crippen LogP contribution >= 0.6 is 11.3 Å². The van der Waals surface area contributed by atoms with Gasteiger partial charge in [0.25, 0.3) is 0 Å². The van der Waals surface area contributed by atoms with Crippen LogP contribution in [0.5, 0.6) is 0 Å². The van der Waals surface area contributed by atoms with Crippen LogP contribution in [0.25, 0.3) is 11.3 Å². The van der Waals surface area contributed by atoms with Gasteiger partial charge in [0.2, 0.25) is 0 Å². The van der Waals surface area contributed by atoms with E-state index in [0.717, 1.165) is 21.3 Å². The first kappa shape index (κ1) is 15.5. The molecule has 2 rings (SSSR count). The quantitative estimate of drug-likeness (QED) is 0.917. The highest BCUT2D eigenvalue weighted by molar-refractivity contribution is 7.16. The Bertz CT molecular complexity index is 634. The number of aryl methyl sites for hydroxylation is 2. The van der Waals surface area contributed by atoms with Gasteiger partial charge in [0.1, 0.15) is 0 Å². The van der Waals surface area contributed by atoms with Crippen LogP contribution in [0.3, 0.4) is 0 Å². The number of thiazole rings is 1. The van der Waals surface area contributed by atoms with Crippen molar-refractivity contribution in [1.82, 2.24) is 4.98 Å². The van der Waals surface area contributed by atoms with Crippen molar-refractivity contribution >= 4 is 22.4 Å². The van der Waals surface area contributed by atoms with Gasteiger partial charge in [0, 0.05) is 24.0 Å². The number of nitrogens with zero attached hydrogens (tertiary/aromatic N) is 2. The van der Waals surface area contributed by atoms with Gasteiger partial charge in [-0.05, 0) is 13.8 Å². The molecule has 2 aromatic rings. The Morgan fingerprint density at radius 2 is 1.95 bits per heavy atom. The molecule has 0 aliphatic carbocycles. The fourth-order valence-corrected chi connectivity index (χ4v) is 2.99. The van der Waals surface area contributed by atoms with Crippen molar-refractivity contribution in [3.05, 3.63) is 34.7 Å². The van der Waals surface area contributed by atoms with Crippen LogP contribution in [0.15, 0.2) is 24.3 Å². The highest BCUT2D eigenvalue weighted by Gasteiger charge is 2.17. The molecule has 0 amide bonds. The van der Waals surface area contributed by atoms with Gasteiger partial charge in [-0.15, -0.1) is 11.3 Å². The number of rotatable bonds is 5. The lowest BCUT2D eigenvalue weighted by molar-refractivity contribution is -0.140. The van der Waals surface area contributed by atoms with Gasteiger partial charge >= 0.3 is 5.97 Å². The summed E-state index contributed by atoms with van der Waals surface area (Å²) in [5.74, 6) is -1.20. The Morgan fingerprint density at radius 3 is 2.52 bits per heavy atom. The second-order valence-electron chi connectivity index (χ2n) is 5.39. The van der Waals surface area contributed by atoms with Crippen LogP contribution in [0.1, 0.15) is 17.4 Å². The first-order chi connectivity index (χ1) is 9.88. The molecule has 0 aliphatic heterocycles. The van der Waals surface area contributed by atoms with E-state index in [2.05, 4.69) is 36.2 Å². The zero-order valence-corrected chi connectivity index (χ0v) is 13.6. The lowest BCUT2D eigenvalue weighted by Crippen LogP contribution is -2.28. The molecule has 1 aromatic heterocycles. The highest BCUT2D eigenvalue weighted by Crippen LogP contribution is 2.32. The fourth-order valence-electron chi connectivity index (χ4n) is 2.09. The smallest absolute Gasteiger partial charge is 0.308 e. The summed E-state index contributed by atoms with van der Waals surface area (Å²) in [7, 11) is 1.89. The van der Waals surface area contributed by atoms with Crippen molar-refractivity contribution in [2.24, 2.45) is 5.92 Å². The number of benzene rings is 1. The largest absolute Gasteiger partial charge is 0.481 e. The highest BCUT2D eigenvalue weighted by atomic mass is 32.1. The molecule has 0 spiro atoms. The van der Waals surface area contributed by atoms with Crippen LogP contribution in [0.4, 0.5) is 5.13 Å². The monoisotopic (exact) mass is 304 g/mol. The van der Waals surface area contributed by atoms with E-state index in [9.17, 15) is 4.79 Å². The first-order valence-corrected chi connectivity index (χ1v) is 7.68. The molecule has 1 aromatic carbocycles. The zero-order valence-electron chi connectivity index (χ0n) is 12.8. The van der Waals surface area contributed by atoms with Gasteiger partial charge in [-0.2, -0.15) is 0 Å². The van der Waals surface area contributed by atoms with E-state index in [1.54, 1.807) is 18.3 Å². The third-order valence-electron chi connectivity index (χ3n) is 3.41. The summed E-state index contributed by atoms with van der Waals surface area (Å²) >= 11 is 1.60. The third-order valence-corrected chi connectivity index (χ3v) is 4.49. The minimum Gasteiger partial charge on any atom is -0.481 e. The van der Waals surface area contributed by atoms with E-state index >= 15 is 0 Å². The standard InChI is InChI=1S/C16H20N2O2S/c1-10-5-7-13(8-6-10)14-12(3)21-16(17-14)18(4)9-11(2)15(19)20/h5-8,11H,9H2,1-4H3,(H,19,20). The van der Waals surface area contributed by atoms with E-state index in [0.29, 0.717) is 6.54 Å². The molecule has 0 bridgehead atoms. The van der Waals surface area contributed by atoms with Crippen molar-refractivity contribution in [3.8, 4) is 11.3 Å². The minimum atomic E-state index is -0.783. The molecular weight excluding hydrogens is 284 g/mol. The average molecular weight is 304 g/mol. The molecule has 0 radical (unpaired) electrons. The Kier molecular flexibility index (Phi) is 4.63. The molecule has 0 saturated carbocycles. The van der Waals surface area contributed by atoms with Crippen LogP contribution in [0.2, 0.25) is 0 Å². The summed E-state index contributed by atoms with van der Waals surface area (Å²) in [5, 5.41) is 9.86. The molecule has 1 atom stereocenters. The molecule has 4 nitrogen and oxygen atoms in total. The molecule has 1 heterocycles. The van der Waals surface area contributed by atoms with Crippen LogP contribution < -0.4 is 4.90 Å². The van der Waals surface area contributed by atoms with E-state index in [-0.39, 0.29) is 0 Å². The molecule has 0 fully saturated rings. The molecule has 5 heteroatoms. The topological polar surface area (TPSA) is 53.4 Å². The Hall–Kier alpha value is -1.88. The molecular formula is C16H20N2O2S. The maximum atomic E-state index is 10.9. The number of carbonyl (C=O) groups is 1. The number of anilines is 1. The summed E-state index contributed by atoms with van der Waals surface area (Å²) in [6.45, 7) is 6.27. The van der Waals surface area contributed by atoms with Crippen molar-refractivity contribution in [2.45, 2.75) is 20.8 Å². The normalized spacial score (nSPS) is 12.2. The van der Waals surface area contributed by atoms with E-state index in [1.807, 2.05) is 18.9 Å². The number of hydrogen-bond donors (Lipinski definition) is 1. The second kappa shape index (κ2) is 6.26. The van der Waals surface area contributed by atoms with Crippen LogP contribution in [-0.2, 0) is 4.79 Å². The average Bonchev–Trinajstić information content (AvgIpc) is 2.81. The van der Waals surface area contributed by atoms with E-state index in [4.69, 9.17) is 5.11 Å². The summed E-state index contributed by atoms with van der Waals surface area (Å²) in [6, 6.07) is 8.29. The predicted molar refractivity (Wildman–Crippen MR) is 87.1 cm³/mol. The second-order valence-corrected chi connectivity index (χ2v) is 6.57. The molecule has 21 heavy (non-hydrogen) atoms. The van der Waals surface area contributed by atoms with Gasteiger partial charge < -0.3 is 10.0 Å². The number of aromatic nitrogens is 1. The molecule has 112 valence electrons. The molecule has 1 unspecified atom stereocenters. The van der Waals surface area contributed by atoms with Gasteiger partial charge in [-0.25, -0.2) is 4.98 Å². The van der Waals surface area contributed by atoms with Crippen molar-refractivity contribution in [1.29, 1.82) is 0 Å². The third kappa shape index (κ3) is 3.61. The van der Waals surface area contributed by atoms with Gasteiger partial charge in [0.15, 0.2) is 5.13 Å². The number of hydrogen-bond acceptors (Lipinski definition) is 4. The molecule has 0 aliphatic rings. The molecule has 1 N–H and O–H groups in total. The van der Waals surface area contributed by atoms with Crippen molar-refractivity contribution < 1.29 is 9.90 Å². The lowest BCUT2D eigenvalue weighted by Gasteiger charge is -2.18. The minimum absolute atomic E-state index is 0.415. The van der Waals surface area contributed by atoms with Gasteiger partial charge in [-0.3, -0.25) is 4.79 Å². The Balaban J connectivity index is 2.22. The Morgan fingerprint density at radius 1 is 1.33 bits per heavy atom. The number of aliphatic carboxylic acids is 1. The maximum Gasteiger partial charge on any atom is 0.308 e. The van der Waals surface area contributed by atoms with Crippen molar-refractivity contribution in [3.63, 3.8) is 0 Å². The number of carboxylic acid groups (broad SMARTS) is 1. The summed E-state index contributed by atoms with van der Waals surface area (Å²) < 4.78 is 0. The maximum absolute atomic E-state index is 10.9. The Labute approximate surface area is 129 Å². The van der Waals surface area contributed by atoms with Crippen LogP contribution in [0, 0.1) is 19.8 Å². The fraction of sp³-hybridized carbons (Fsp3) is 0.375. The predicted octanol–water partition coefficient (Wildman–Crippen LogP) is 3.58. The summed E-state index contributed by atoms with van der Waals surface area (Å²) in [6.07, 6.45) is 0. The van der Waals surface area contributed by atoms with Gasteiger partial charge in [-0.1, -0.05) is 36.8 Å². The first-order valence-electron chi connectivity index (χ1n) is 6.87. The van der Waals surface area contributed by atoms with Gasteiger partial charge in [0.05, 0.1) is 11.6 Å².